The number of phenolic OH excluding ortho intramolecular Hbond substituents is 1. The van der Waals surface area contributed by atoms with Crippen LogP contribution < -0.4 is 8.91 Å². The van der Waals surface area contributed by atoms with E-state index in [0.29, 0.717) is 5.56 Å². The third-order valence-electron chi connectivity index (χ3n) is 4.59. The van der Waals surface area contributed by atoms with Crippen molar-refractivity contribution in [1.82, 2.24) is 14.3 Å². The lowest BCUT2D eigenvalue weighted by molar-refractivity contribution is 0.425. The standard InChI is InChI=1S/C20H18FN3O5S/c1-2-23-30(27,28)29-19-14-4-3-9-22-17(14)18(25)16-15(19)11-24(20(16)26)10-12-5-7-13(21)8-6-12/h3-9,11,23,25-26H,2,10H2,1H3. The maximum absolute atomic E-state index is 13.2. The summed E-state index contributed by atoms with van der Waals surface area (Å²) in [5, 5.41) is 21.9. The fourth-order valence-corrected chi connectivity index (χ4v) is 4.12. The van der Waals surface area contributed by atoms with Gasteiger partial charge in [0.25, 0.3) is 0 Å². The number of hydrogen-bond donors (Lipinski definition) is 3. The molecular weight excluding hydrogens is 413 g/mol. The summed E-state index contributed by atoms with van der Waals surface area (Å²) in [6.07, 6.45) is 2.90. The van der Waals surface area contributed by atoms with Gasteiger partial charge in [0.05, 0.1) is 17.3 Å². The first-order valence-corrected chi connectivity index (χ1v) is 10.5. The zero-order valence-corrected chi connectivity index (χ0v) is 16.6. The van der Waals surface area contributed by atoms with Gasteiger partial charge in [0.1, 0.15) is 11.3 Å². The van der Waals surface area contributed by atoms with Gasteiger partial charge in [0.2, 0.25) is 5.88 Å². The van der Waals surface area contributed by atoms with E-state index in [1.165, 1.54) is 29.1 Å². The molecule has 0 spiro atoms. The van der Waals surface area contributed by atoms with E-state index in [1.807, 2.05) is 0 Å². The van der Waals surface area contributed by atoms with Crippen molar-refractivity contribution in [2.75, 3.05) is 6.54 Å². The van der Waals surface area contributed by atoms with Gasteiger partial charge < -0.3 is 19.0 Å². The summed E-state index contributed by atoms with van der Waals surface area (Å²) in [6, 6.07) is 8.85. The van der Waals surface area contributed by atoms with Crippen molar-refractivity contribution in [1.29, 1.82) is 0 Å². The van der Waals surface area contributed by atoms with Crippen molar-refractivity contribution in [3.63, 3.8) is 0 Å². The number of fused-ring (bicyclic) bond motifs is 2. The number of aromatic hydroxyl groups is 2. The van der Waals surface area contributed by atoms with Gasteiger partial charge in [-0.15, -0.1) is 0 Å². The highest BCUT2D eigenvalue weighted by Crippen LogP contribution is 2.46. The third kappa shape index (κ3) is 3.51. The monoisotopic (exact) mass is 431 g/mol. The van der Waals surface area contributed by atoms with Crippen molar-refractivity contribution in [2.45, 2.75) is 13.5 Å². The summed E-state index contributed by atoms with van der Waals surface area (Å²) in [7, 11) is -4.14. The minimum atomic E-state index is -4.14. The molecule has 0 unspecified atom stereocenters. The van der Waals surface area contributed by atoms with Gasteiger partial charge in [-0.05, 0) is 29.8 Å². The summed E-state index contributed by atoms with van der Waals surface area (Å²) in [5.74, 6) is -1.06. The van der Waals surface area contributed by atoms with Gasteiger partial charge in [-0.1, -0.05) is 19.1 Å². The second-order valence-electron chi connectivity index (χ2n) is 6.61. The molecule has 0 aliphatic rings. The molecule has 156 valence electrons. The fourth-order valence-electron chi connectivity index (χ4n) is 3.30. The first kappa shape index (κ1) is 19.9. The number of pyridine rings is 1. The van der Waals surface area contributed by atoms with Crippen LogP contribution in [0, 0.1) is 5.82 Å². The van der Waals surface area contributed by atoms with E-state index in [4.69, 9.17) is 4.18 Å². The smallest absolute Gasteiger partial charge is 0.382 e. The summed E-state index contributed by atoms with van der Waals surface area (Å²) >= 11 is 0. The molecule has 0 saturated heterocycles. The fraction of sp³-hybridized carbons (Fsp3) is 0.150. The average Bonchev–Trinajstić information content (AvgIpc) is 3.03. The van der Waals surface area contributed by atoms with Crippen LogP contribution in [-0.2, 0) is 16.8 Å². The third-order valence-corrected chi connectivity index (χ3v) is 5.62. The van der Waals surface area contributed by atoms with E-state index < -0.39 is 10.3 Å². The van der Waals surface area contributed by atoms with Crippen molar-refractivity contribution < 1.29 is 27.2 Å². The molecule has 0 bridgehead atoms. The molecule has 2 aromatic heterocycles. The highest BCUT2D eigenvalue weighted by molar-refractivity contribution is 7.85. The maximum Gasteiger partial charge on any atom is 0.382 e. The van der Waals surface area contributed by atoms with Gasteiger partial charge >= 0.3 is 10.3 Å². The number of benzene rings is 2. The second-order valence-corrected chi connectivity index (χ2v) is 7.97. The highest BCUT2D eigenvalue weighted by atomic mass is 32.2. The van der Waals surface area contributed by atoms with Crippen molar-refractivity contribution in [2.24, 2.45) is 0 Å². The summed E-state index contributed by atoms with van der Waals surface area (Å²) in [5.41, 5.74) is 0.776. The molecule has 0 radical (unpaired) electrons. The van der Waals surface area contributed by atoms with E-state index in [2.05, 4.69) is 9.71 Å². The van der Waals surface area contributed by atoms with Crippen LogP contribution in [-0.4, -0.2) is 34.7 Å². The van der Waals surface area contributed by atoms with Crippen LogP contribution in [0.15, 0.2) is 48.8 Å². The topological polar surface area (TPSA) is 114 Å². The Balaban J connectivity index is 1.95. The van der Waals surface area contributed by atoms with Gasteiger partial charge in [-0.25, -0.2) is 4.39 Å². The molecule has 3 N–H and O–H groups in total. The number of halogens is 1. The molecule has 0 atom stereocenters. The number of nitrogens with zero attached hydrogens (tertiary/aromatic N) is 2. The second kappa shape index (κ2) is 7.47. The number of hydrogen-bond acceptors (Lipinski definition) is 6. The Morgan fingerprint density at radius 2 is 1.90 bits per heavy atom. The van der Waals surface area contributed by atoms with E-state index in [0.717, 1.165) is 0 Å². The SMILES string of the molecule is CCNS(=O)(=O)Oc1c2cccnc2c(O)c2c(O)n(Cc3ccc(F)cc3)cc12. The maximum atomic E-state index is 13.2. The molecule has 2 aromatic carbocycles. The Morgan fingerprint density at radius 1 is 1.17 bits per heavy atom. The molecule has 4 rings (SSSR count). The molecule has 10 heteroatoms. The van der Waals surface area contributed by atoms with Crippen molar-refractivity contribution in [3.05, 3.63) is 60.2 Å². The number of nitrogens with one attached hydrogen (secondary N) is 1. The first-order valence-electron chi connectivity index (χ1n) is 9.05. The molecule has 2 heterocycles. The quantitative estimate of drug-likeness (QED) is 0.433. The predicted molar refractivity (Wildman–Crippen MR) is 109 cm³/mol. The van der Waals surface area contributed by atoms with Crippen LogP contribution in [0.4, 0.5) is 4.39 Å². The molecule has 0 amide bonds. The Hall–Kier alpha value is -3.37. The number of aromatic nitrogens is 2. The van der Waals surface area contributed by atoms with Crippen molar-refractivity contribution in [3.8, 4) is 17.4 Å². The van der Waals surface area contributed by atoms with E-state index in [1.54, 1.807) is 31.2 Å². The van der Waals surface area contributed by atoms with Crippen LogP contribution in [0.3, 0.4) is 0 Å². The molecule has 8 nitrogen and oxygen atoms in total. The Kier molecular flexibility index (Phi) is 4.96. The Morgan fingerprint density at radius 3 is 2.60 bits per heavy atom. The van der Waals surface area contributed by atoms with Gasteiger partial charge in [-0.2, -0.15) is 13.1 Å². The highest BCUT2D eigenvalue weighted by Gasteiger charge is 2.25. The minimum absolute atomic E-state index is 0.00464. The van der Waals surface area contributed by atoms with Gasteiger partial charge in [0, 0.05) is 24.3 Å². The van der Waals surface area contributed by atoms with E-state index in [-0.39, 0.29) is 58.0 Å². The van der Waals surface area contributed by atoms with Gasteiger partial charge in [-0.3, -0.25) is 4.98 Å². The largest absolute Gasteiger partial charge is 0.505 e. The number of phenols is 1. The van der Waals surface area contributed by atoms with Crippen LogP contribution in [0.2, 0.25) is 0 Å². The summed E-state index contributed by atoms with van der Waals surface area (Å²) < 4.78 is 46.7. The van der Waals surface area contributed by atoms with Crippen molar-refractivity contribution >= 4 is 32.0 Å². The number of rotatable bonds is 6. The van der Waals surface area contributed by atoms with Crippen LogP contribution in [0.1, 0.15) is 12.5 Å². The summed E-state index contributed by atoms with van der Waals surface area (Å²) in [6.45, 7) is 1.89. The zero-order valence-electron chi connectivity index (χ0n) is 15.8. The molecule has 0 fully saturated rings. The lowest BCUT2D eigenvalue weighted by atomic mass is 10.1. The van der Waals surface area contributed by atoms with Crippen LogP contribution >= 0.6 is 0 Å². The normalized spacial score (nSPS) is 11.9. The lowest BCUT2D eigenvalue weighted by Crippen LogP contribution is -2.28. The molecular formula is C20H18FN3O5S. The minimum Gasteiger partial charge on any atom is -0.505 e. The first-order chi connectivity index (χ1) is 14.3. The van der Waals surface area contributed by atoms with E-state index in [9.17, 15) is 23.0 Å². The predicted octanol–water partition coefficient (Wildman–Crippen LogP) is 3.02. The molecule has 4 aromatic rings. The van der Waals surface area contributed by atoms with Gasteiger partial charge in [0.15, 0.2) is 11.5 Å². The Bertz CT molecular complexity index is 1350. The molecule has 30 heavy (non-hydrogen) atoms. The summed E-state index contributed by atoms with van der Waals surface area (Å²) in [4.78, 5) is 4.10. The Labute approximate surface area is 171 Å². The van der Waals surface area contributed by atoms with Crippen LogP contribution in [0.25, 0.3) is 21.7 Å². The zero-order chi connectivity index (χ0) is 21.5. The molecule has 0 aliphatic heterocycles. The molecule has 0 aliphatic carbocycles. The van der Waals surface area contributed by atoms with Crippen LogP contribution in [0.5, 0.6) is 17.4 Å². The average molecular weight is 431 g/mol. The molecule has 0 saturated carbocycles. The lowest BCUT2D eigenvalue weighted by Gasteiger charge is -2.11. The van der Waals surface area contributed by atoms with E-state index >= 15 is 0 Å².